The highest BCUT2D eigenvalue weighted by Gasteiger charge is 2.26. The first-order chi connectivity index (χ1) is 12.3. The summed E-state index contributed by atoms with van der Waals surface area (Å²) in [5, 5.41) is 13.6. The van der Waals surface area contributed by atoms with Crippen LogP contribution in [-0.4, -0.2) is 40.2 Å². The Labute approximate surface area is 160 Å². The van der Waals surface area contributed by atoms with Gasteiger partial charge in [0.25, 0.3) is 0 Å². The molecule has 6 nitrogen and oxygen atoms in total. The van der Waals surface area contributed by atoms with Gasteiger partial charge in [0, 0.05) is 6.42 Å². The van der Waals surface area contributed by atoms with E-state index in [0.717, 1.165) is 24.8 Å². The van der Waals surface area contributed by atoms with E-state index >= 15 is 0 Å². The van der Waals surface area contributed by atoms with Crippen molar-refractivity contribution in [2.45, 2.75) is 63.3 Å². The number of thiol groups is 1. The van der Waals surface area contributed by atoms with Crippen molar-refractivity contribution in [1.29, 1.82) is 0 Å². The molecule has 0 aliphatic rings. The van der Waals surface area contributed by atoms with Gasteiger partial charge >= 0.3 is 5.97 Å². The zero-order valence-corrected chi connectivity index (χ0v) is 16.2. The summed E-state index contributed by atoms with van der Waals surface area (Å²) < 4.78 is 0. The van der Waals surface area contributed by atoms with E-state index in [-0.39, 0.29) is 12.3 Å². The van der Waals surface area contributed by atoms with Crippen molar-refractivity contribution < 1.29 is 19.5 Å². The van der Waals surface area contributed by atoms with Crippen molar-refractivity contribution in [3.8, 4) is 0 Å². The molecule has 3 atom stereocenters. The molecule has 0 aliphatic carbocycles. The third-order valence-corrected chi connectivity index (χ3v) is 4.52. The second kappa shape index (κ2) is 11.6. The lowest BCUT2D eigenvalue weighted by atomic mass is 10.0. The Kier molecular flexibility index (Phi) is 9.80. The Bertz CT molecular complexity index is 594. The largest absolute Gasteiger partial charge is 0.480 e. The number of carboxylic acids is 1. The highest BCUT2D eigenvalue weighted by atomic mass is 32.1. The van der Waals surface area contributed by atoms with Gasteiger partial charge in [-0.05, 0) is 18.9 Å². The highest BCUT2D eigenvalue weighted by molar-refractivity contribution is 7.81. The van der Waals surface area contributed by atoms with Crippen LogP contribution in [0.3, 0.4) is 0 Å². The number of unbranched alkanes of at least 4 members (excludes halogenated alkanes) is 2. The molecular formula is C19H28N2O4S. The molecule has 0 aromatic heterocycles. The van der Waals surface area contributed by atoms with Crippen molar-refractivity contribution in [3.63, 3.8) is 0 Å². The maximum atomic E-state index is 12.5. The van der Waals surface area contributed by atoms with Gasteiger partial charge in [-0.1, -0.05) is 56.5 Å². The standard InChI is InChI=1S/C19H28N2O4S/c1-3-4-6-11-16(26)18(23)21-15(12-14-9-7-5-8-10-14)17(22)20-13(2)19(24)25/h5,7-10,13,15-16,26H,3-4,6,11-12H2,1-2H3,(H,20,22)(H,21,23)(H,24,25). The number of benzene rings is 1. The second-order valence-electron chi connectivity index (χ2n) is 6.33. The lowest BCUT2D eigenvalue weighted by Gasteiger charge is -2.22. The van der Waals surface area contributed by atoms with Gasteiger partial charge in [-0.15, -0.1) is 0 Å². The van der Waals surface area contributed by atoms with E-state index in [1.807, 2.05) is 30.3 Å². The third-order valence-electron chi connectivity index (χ3n) is 4.03. The molecule has 2 amide bonds. The lowest BCUT2D eigenvalue weighted by Crippen LogP contribution is -2.53. The molecule has 26 heavy (non-hydrogen) atoms. The summed E-state index contributed by atoms with van der Waals surface area (Å²) in [5.74, 6) is -1.97. The summed E-state index contributed by atoms with van der Waals surface area (Å²) in [6.45, 7) is 3.46. The second-order valence-corrected chi connectivity index (χ2v) is 6.95. The quantitative estimate of drug-likeness (QED) is 0.350. The minimum absolute atomic E-state index is 0.278. The van der Waals surface area contributed by atoms with E-state index in [9.17, 15) is 14.4 Å². The zero-order chi connectivity index (χ0) is 19.5. The molecule has 0 fully saturated rings. The SMILES string of the molecule is CCCCCC(S)C(=O)NC(Cc1ccccc1)C(=O)NC(C)C(=O)O. The number of rotatable bonds is 11. The Morgan fingerprint density at radius 2 is 1.73 bits per heavy atom. The molecule has 0 bridgehead atoms. The first kappa shape index (κ1) is 22.0. The molecule has 144 valence electrons. The number of carbonyl (C=O) groups excluding carboxylic acids is 2. The topological polar surface area (TPSA) is 95.5 Å². The highest BCUT2D eigenvalue weighted by Crippen LogP contribution is 2.10. The van der Waals surface area contributed by atoms with Crippen molar-refractivity contribution in [2.75, 3.05) is 0 Å². The molecule has 1 aromatic rings. The predicted molar refractivity (Wildman–Crippen MR) is 104 cm³/mol. The summed E-state index contributed by atoms with van der Waals surface area (Å²) in [6.07, 6.45) is 3.88. The van der Waals surface area contributed by atoms with Crippen LogP contribution >= 0.6 is 12.6 Å². The Hall–Kier alpha value is -2.02. The average molecular weight is 381 g/mol. The molecule has 0 radical (unpaired) electrons. The van der Waals surface area contributed by atoms with Crippen LogP contribution in [-0.2, 0) is 20.8 Å². The third kappa shape index (κ3) is 7.91. The van der Waals surface area contributed by atoms with Crippen molar-refractivity contribution >= 4 is 30.4 Å². The number of hydrogen-bond acceptors (Lipinski definition) is 4. The van der Waals surface area contributed by atoms with Crippen LogP contribution in [0.4, 0.5) is 0 Å². The summed E-state index contributed by atoms with van der Waals surface area (Å²) in [4.78, 5) is 35.8. The predicted octanol–water partition coefficient (Wildman–Crippen LogP) is 2.18. The molecule has 7 heteroatoms. The van der Waals surface area contributed by atoms with Gasteiger partial charge in [0.05, 0.1) is 5.25 Å². The Balaban J connectivity index is 2.77. The maximum Gasteiger partial charge on any atom is 0.325 e. The minimum Gasteiger partial charge on any atom is -0.480 e. The van der Waals surface area contributed by atoms with Crippen molar-refractivity contribution in [2.24, 2.45) is 0 Å². The summed E-state index contributed by atoms with van der Waals surface area (Å²) in [7, 11) is 0. The molecule has 0 heterocycles. The summed E-state index contributed by atoms with van der Waals surface area (Å²) >= 11 is 4.33. The van der Waals surface area contributed by atoms with Crippen LogP contribution in [0.1, 0.15) is 45.1 Å². The molecule has 1 aromatic carbocycles. The van der Waals surface area contributed by atoms with E-state index in [1.54, 1.807) is 0 Å². The molecule has 0 saturated carbocycles. The van der Waals surface area contributed by atoms with Gasteiger partial charge < -0.3 is 15.7 Å². The summed E-state index contributed by atoms with van der Waals surface area (Å²) in [5.41, 5.74) is 0.873. The van der Waals surface area contributed by atoms with E-state index < -0.39 is 29.2 Å². The van der Waals surface area contributed by atoms with Crippen LogP contribution < -0.4 is 10.6 Å². The Morgan fingerprint density at radius 1 is 1.08 bits per heavy atom. The van der Waals surface area contributed by atoms with Crippen LogP contribution in [0.2, 0.25) is 0 Å². The molecule has 3 N–H and O–H groups in total. The van der Waals surface area contributed by atoms with Gasteiger partial charge in [0.2, 0.25) is 11.8 Å². The van der Waals surface area contributed by atoms with Gasteiger partial charge in [0.1, 0.15) is 12.1 Å². The van der Waals surface area contributed by atoms with Gasteiger partial charge in [-0.2, -0.15) is 12.6 Å². The Morgan fingerprint density at radius 3 is 2.31 bits per heavy atom. The number of amides is 2. The van der Waals surface area contributed by atoms with E-state index in [2.05, 4.69) is 30.2 Å². The van der Waals surface area contributed by atoms with E-state index in [4.69, 9.17) is 5.11 Å². The number of carbonyl (C=O) groups is 3. The number of hydrogen-bond donors (Lipinski definition) is 4. The minimum atomic E-state index is -1.13. The number of nitrogens with one attached hydrogen (secondary N) is 2. The first-order valence-electron chi connectivity index (χ1n) is 8.90. The molecule has 1 rings (SSSR count). The first-order valence-corrected chi connectivity index (χ1v) is 9.42. The zero-order valence-electron chi connectivity index (χ0n) is 15.3. The van der Waals surface area contributed by atoms with Crippen LogP contribution in [0.15, 0.2) is 30.3 Å². The fourth-order valence-electron chi connectivity index (χ4n) is 2.42. The van der Waals surface area contributed by atoms with Crippen molar-refractivity contribution in [3.05, 3.63) is 35.9 Å². The maximum absolute atomic E-state index is 12.5. The fourth-order valence-corrected chi connectivity index (χ4v) is 2.68. The normalized spacial score (nSPS) is 14.1. The monoisotopic (exact) mass is 380 g/mol. The molecule has 3 unspecified atom stereocenters. The van der Waals surface area contributed by atoms with Crippen LogP contribution in [0, 0.1) is 0 Å². The van der Waals surface area contributed by atoms with Crippen LogP contribution in [0.25, 0.3) is 0 Å². The molecule has 0 spiro atoms. The fraction of sp³-hybridized carbons (Fsp3) is 0.526. The average Bonchev–Trinajstić information content (AvgIpc) is 2.61. The smallest absolute Gasteiger partial charge is 0.325 e. The van der Waals surface area contributed by atoms with Gasteiger partial charge in [-0.25, -0.2) is 0 Å². The van der Waals surface area contributed by atoms with Gasteiger partial charge in [-0.3, -0.25) is 14.4 Å². The number of aliphatic carboxylic acids is 1. The van der Waals surface area contributed by atoms with Gasteiger partial charge in [0.15, 0.2) is 0 Å². The van der Waals surface area contributed by atoms with Crippen molar-refractivity contribution in [1.82, 2.24) is 10.6 Å². The van der Waals surface area contributed by atoms with E-state index in [0.29, 0.717) is 6.42 Å². The number of carboxylic acid groups (broad SMARTS) is 1. The molecule has 0 saturated heterocycles. The van der Waals surface area contributed by atoms with E-state index in [1.165, 1.54) is 6.92 Å². The molecular weight excluding hydrogens is 352 g/mol. The van der Waals surface area contributed by atoms with Crippen LogP contribution in [0.5, 0.6) is 0 Å². The lowest BCUT2D eigenvalue weighted by molar-refractivity contribution is -0.141. The molecule has 0 aliphatic heterocycles. The summed E-state index contributed by atoms with van der Waals surface area (Å²) in [6, 6.07) is 7.37.